The Morgan fingerprint density at radius 1 is 1.17 bits per heavy atom. The molecule has 6 nitrogen and oxygen atoms in total. The van der Waals surface area contributed by atoms with Gasteiger partial charge in [0.1, 0.15) is 0 Å². The lowest BCUT2D eigenvalue weighted by Crippen LogP contribution is -2.46. The number of urea groups is 1. The van der Waals surface area contributed by atoms with Crippen LogP contribution in [0.3, 0.4) is 0 Å². The van der Waals surface area contributed by atoms with Crippen LogP contribution in [0.4, 0.5) is 10.5 Å². The number of nitrogens with one attached hydrogen (secondary N) is 1. The summed E-state index contributed by atoms with van der Waals surface area (Å²) in [6, 6.07) is 17.6. The lowest BCUT2D eigenvalue weighted by Gasteiger charge is -2.29. The molecular formula is C23H31N3O3. The number of benzene rings is 2. The molecule has 1 aliphatic rings. The van der Waals surface area contributed by atoms with E-state index in [1.807, 2.05) is 49.4 Å². The van der Waals surface area contributed by atoms with E-state index in [-0.39, 0.29) is 6.03 Å². The van der Waals surface area contributed by atoms with Crippen molar-refractivity contribution in [1.82, 2.24) is 9.80 Å². The predicted octanol–water partition coefficient (Wildman–Crippen LogP) is 3.32. The highest BCUT2D eigenvalue weighted by Crippen LogP contribution is 2.24. The van der Waals surface area contributed by atoms with E-state index in [2.05, 4.69) is 22.3 Å². The molecule has 3 rings (SSSR count). The minimum Gasteiger partial charge on any atom is -0.387 e. The van der Waals surface area contributed by atoms with Crippen LogP contribution in [-0.4, -0.2) is 59.8 Å². The van der Waals surface area contributed by atoms with Crippen LogP contribution >= 0.6 is 0 Å². The molecule has 0 saturated carbocycles. The molecule has 1 aliphatic heterocycles. The maximum Gasteiger partial charge on any atom is 0.321 e. The van der Waals surface area contributed by atoms with E-state index in [4.69, 9.17) is 4.74 Å². The summed E-state index contributed by atoms with van der Waals surface area (Å²) < 4.78 is 5.38. The van der Waals surface area contributed by atoms with Crippen molar-refractivity contribution in [2.24, 2.45) is 0 Å². The lowest BCUT2D eigenvalue weighted by atomic mass is 10.0. The number of hydrogen-bond donors (Lipinski definition) is 2. The van der Waals surface area contributed by atoms with Crippen LogP contribution in [0.25, 0.3) is 0 Å². The van der Waals surface area contributed by atoms with Gasteiger partial charge in [0, 0.05) is 39.0 Å². The van der Waals surface area contributed by atoms with Gasteiger partial charge < -0.3 is 20.1 Å². The first kappa shape index (κ1) is 21.3. The minimum absolute atomic E-state index is 0.225. The number of rotatable bonds is 8. The van der Waals surface area contributed by atoms with Crippen LogP contribution in [0.15, 0.2) is 54.6 Å². The quantitative estimate of drug-likeness (QED) is 0.717. The third-order valence-corrected chi connectivity index (χ3v) is 5.22. The van der Waals surface area contributed by atoms with Gasteiger partial charge in [0.05, 0.1) is 18.8 Å². The SMILES string of the molecule is CCOCc1ccc(NC(=O)N(C)C[C@]2(O)CCN(Cc3ccccc3)C2)cc1. The van der Waals surface area contributed by atoms with E-state index < -0.39 is 5.60 Å². The van der Waals surface area contributed by atoms with Gasteiger partial charge in [0.25, 0.3) is 0 Å². The molecule has 0 radical (unpaired) electrons. The molecule has 1 fully saturated rings. The predicted molar refractivity (Wildman–Crippen MR) is 115 cm³/mol. The third kappa shape index (κ3) is 6.29. The van der Waals surface area contributed by atoms with Gasteiger partial charge in [-0.2, -0.15) is 0 Å². The second kappa shape index (κ2) is 9.87. The number of β-amino-alcohol motifs (C(OH)–C–C–N with tert-alkyl or cyclic N) is 1. The molecule has 0 bridgehead atoms. The molecule has 2 N–H and O–H groups in total. The van der Waals surface area contributed by atoms with Crippen LogP contribution in [0.5, 0.6) is 0 Å². The van der Waals surface area contributed by atoms with E-state index in [9.17, 15) is 9.90 Å². The van der Waals surface area contributed by atoms with Crippen molar-refractivity contribution in [3.05, 3.63) is 65.7 Å². The zero-order valence-electron chi connectivity index (χ0n) is 17.3. The van der Waals surface area contributed by atoms with E-state index >= 15 is 0 Å². The first-order chi connectivity index (χ1) is 14.0. The summed E-state index contributed by atoms with van der Waals surface area (Å²) in [6.07, 6.45) is 0.656. The smallest absolute Gasteiger partial charge is 0.321 e. The summed E-state index contributed by atoms with van der Waals surface area (Å²) >= 11 is 0. The fourth-order valence-electron chi connectivity index (χ4n) is 3.68. The van der Waals surface area contributed by atoms with Crippen molar-refractivity contribution >= 4 is 11.7 Å². The second-order valence-electron chi connectivity index (χ2n) is 7.79. The molecular weight excluding hydrogens is 366 g/mol. The topological polar surface area (TPSA) is 65.0 Å². The highest BCUT2D eigenvalue weighted by molar-refractivity contribution is 5.89. The van der Waals surface area contributed by atoms with Gasteiger partial charge in [-0.05, 0) is 36.6 Å². The molecule has 2 aromatic carbocycles. The van der Waals surface area contributed by atoms with E-state index in [0.717, 1.165) is 24.3 Å². The van der Waals surface area contributed by atoms with Crippen LogP contribution < -0.4 is 5.32 Å². The molecule has 29 heavy (non-hydrogen) atoms. The van der Waals surface area contributed by atoms with Crippen LogP contribution in [0.1, 0.15) is 24.5 Å². The van der Waals surface area contributed by atoms with Crippen LogP contribution in [0.2, 0.25) is 0 Å². The number of likely N-dealkylation sites (tertiary alicyclic amines) is 1. The van der Waals surface area contributed by atoms with Gasteiger partial charge >= 0.3 is 6.03 Å². The monoisotopic (exact) mass is 397 g/mol. The Morgan fingerprint density at radius 3 is 2.59 bits per heavy atom. The normalized spacial score (nSPS) is 19.3. The number of ether oxygens (including phenoxy) is 1. The average molecular weight is 398 g/mol. The van der Waals surface area contributed by atoms with Crippen molar-refractivity contribution in [3.63, 3.8) is 0 Å². The Labute approximate surface area is 173 Å². The minimum atomic E-state index is -0.887. The third-order valence-electron chi connectivity index (χ3n) is 5.22. The first-order valence-corrected chi connectivity index (χ1v) is 10.1. The summed E-state index contributed by atoms with van der Waals surface area (Å²) in [6.45, 7) is 5.70. The van der Waals surface area contributed by atoms with Gasteiger partial charge in [-0.3, -0.25) is 4.90 Å². The van der Waals surface area contributed by atoms with Gasteiger partial charge in [-0.15, -0.1) is 0 Å². The van der Waals surface area contributed by atoms with Crippen molar-refractivity contribution < 1.29 is 14.6 Å². The number of likely N-dealkylation sites (N-methyl/N-ethyl adjacent to an activating group) is 1. The Balaban J connectivity index is 1.48. The Morgan fingerprint density at radius 2 is 1.90 bits per heavy atom. The number of carbonyl (C=O) groups is 1. The maximum absolute atomic E-state index is 12.5. The number of nitrogens with zero attached hydrogens (tertiary/aromatic N) is 2. The second-order valence-corrected chi connectivity index (χ2v) is 7.79. The lowest BCUT2D eigenvalue weighted by molar-refractivity contribution is 0.0275. The zero-order chi connectivity index (χ0) is 20.7. The molecule has 2 aromatic rings. The molecule has 2 amide bonds. The fraction of sp³-hybridized carbons (Fsp3) is 0.435. The molecule has 1 atom stereocenters. The highest BCUT2D eigenvalue weighted by atomic mass is 16.5. The standard InChI is InChI=1S/C23H31N3O3/c1-3-29-16-20-9-11-21(12-10-20)24-22(27)25(2)17-23(28)13-14-26(18-23)15-19-7-5-4-6-8-19/h4-12,28H,3,13-18H2,1-2H3,(H,24,27)/t23-/m1/s1. The van der Waals surface area contributed by atoms with E-state index in [1.165, 1.54) is 5.56 Å². The molecule has 1 saturated heterocycles. The first-order valence-electron chi connectivity index (χ1n) is 10.1. The number of anilines is 1. The van der Waals surface area contributed by atoms with Crippen LogP contribution in [-0.2, 0) is 17.9 Å². The Hall–Kier alpha value is -2.41. The van der Waals surface area contributed by atoms with Crippen LogP contribution in [0, 0.1) is 0 Å². The summed E-state index contributed by atoms with van der Waals surface area (Å²) in [5.74, 6) is 0. The molecule has 156 valence electrons. The number of aliphatic hydroxyl groups is 1. The summed E-state index contributed by atoms with van der Waals surface area (Å²) in [5.41, 5.74) is 2.14. The maximum atomic E-state index is 12.5. The molecule has 0 unspecified atom stereocenters. The summed E-state index contributed by atoms with van der Waals surface area (Å²) in [4.78, 5) is 16.3. The van der Waals surface area contributed by atoms with Crippen molar-refractivity contribution in [1.29, 1.82) is 0 Å². The van der Waals surface area contributed by atoms with Gasteiger partial charge in [0.2, 0.25) is 0 Å². The van der Waals surface area contributed by atoms with Gasteiger partial charge in [-0.1, -0.05) is 42.5 Å². The molecule has 0 aromatic heterocycles. The number of hydrogen-bond acceptors (Lipinski definition) is 4. The molecule has 0 aliphatic carbocycles. The van der Waals surface area contributed by atoms with E-state index in [1.54, 1.807) is 11.9 Å². The Bertz CT molecular complexity index is 782. The van der Waals surface area contributed by atoms with Crippen molar-refractivity contribution in [3.8, 4) is 0 Å². The molecule has 0 spiro atoms. The fourth-order valence-corrected chi connectivity index (χ4v) is 3.68. The number of amides is 2. The average Bonchev–Trinajstić information content (AvgIpc) is 3.08. The molecule has 6 heteroatoms. The largest absolute Gasteiger partial charge is 0.387 e. The van der Waals surface area contributed by atoms with Crippen molar-refractivity contribution in [2.75, 3.05) is 38.6 Å². The Kier molecular flexibility index (Phi) is 7.25. The number of carbonyl (C=O) groups excluding carboxylic acids is 1. The van der Waals surface area contributed by atoms with Crippen molar-refractivity contribution in [2.45, 2.75) is 32.1 Å². The highest BCUT2D eigenvalue weighted by Gasteiger charge is 2.37. The van der Waals surface area contributed by atoms with E-state index in [0.29, 0.717) is 32.7 Å². The van der Waals surface area contributed by atoms with Gasteiger partial charge in [-0.25, -0.2) is 4.79 Å². The summed E-state index contributed by atoms with van der Waals surface area (Å²) in [5, 5.41) is 13.9. The summed E-state index contributed by atoms with van der Waals surface area (Å²) in [7, 11) is 1.72. The zero-order valence-corrected chi connectivity index (χ0v) is 17.3. The van der Waals surface area contributed by atoms with Gasteiger partial charge in [0.15, 0.2) is 0 Å². The molecule has 1 heterocycles.